The maximum absolute atomic E-state index is 12.9. The summed E-state index contributed by atoms with van der Waals surface area (Å²) in [5, 5.41) is 6.20. The predicted octanol–water partition coefficient (Wildman–Crippen LogP) is 2.84. The van der Waals surface area contributed by atoms with Gasteiger partial charge in [0.2, 0.25) is 17.7 Å². The van der Waals surface area contributed by atoms with E-state index in [0.29, 0.717) is 31.7 Å². The number of hydrogen-bond donors (Lipinski definition) is 2. The summed E-state index contributed by atoms with van der Waals surface area (Å²) in [6.07, 6.45) is 7.94. The number of fused-ring (bicyclic) bond motifs is 1. The first-order chi connectivity index (χ1) is 16.4. The molecule has 34 heavy (non-hydrogen) atoms. The Balaban J connectivity index is 1.44. The van der Waals surface area contributed by atoms with Gasteiger partial charge < -0.3 is 20.4 Å². The van der Waals surface area contributed by atoms with Crippen LogP contribution in [0.2, 0.25) is 0 Å². The molecule has 2 N–H and O–H groups in total. The average molecular weight is 484 g/mol. The van der Waals surface area contributed by atoms with E-state index in [1.165, 1.54) is 12.6 Å². The molecule has 0 radical (unpaired) electrons. The first kappa shape index (κ1) is 24.0. The second kappa shape index (κ2) is 10.4. The zero-order valence-corrected chi connectivity index (χ0v) is 20.3. The van der Waals surface area contributed by atoms with Crippen molar-refractivity contribution in [2.24, 2.45) is 10.9 Å². The number of rotatable bonds is 5. The van der Waals surface area contributed by atoms with Gasteiger partial charge in [-0.1, -0.05) is 13.0 Å². The van der Waals surface area contributed by atoms with E-state index in [1.54, 1.807) is 17.0 Å². The van der Waals surface area contributed by atoms with Gasteiger partial charge in [0.15, 0.2) is 0 Å². The number of halogens is 1. The Morgan fingerprint density at radius 2 is 2.15 bits per heavy atom. The molecular formula is C25H30ClN5O3. The van der Waals surface area contributed by atoms with Crippen LogP contribution in [-0.2, 0) is 20.8 Å². The van der Waals surface area contributed by atoms with Crippen molar-refractivity contribution in [2.75, 3.05) is 35.7 Å². The predicted molar refractivity (Wildman–Crippen MR) is 134 cm³/mol. The lowest BCUT2D eigenvalue weighted by molar-refractivity contribution is -0.125. The molecule has 3 amide bonds. The molecule has 0 bridgehead atoms. The van der Waals surface area contributed by atoms with E-state index >= 15 is 0 Å². The maximum Gasteiger partial charge on any atom is 0.246 e. The standard InChI is InChI=1S/C25H30ClN5O3/c1-3-23-27-13-19-15-30(9-8-21(19)29-23)25(34)7-4-17-10-18-11-20(28-24(33)12-26)5-6-22(18)31(14-17)16(2)32/h4-7,11,13,17,23,29H,3,8-10,12,14-15H2,1-2H3,(H,28,33). The van der Waals surface area contributed by atoms with Gasteiger partial charge in [0, 0.05) is 61.8 Å². The summed E-state index contributed by atoms with van der Waals surface area (Å²) in [6, 6.07) is 5.48. The van der Waals surface area contributed by atoms with Crippen molar-refractivity contribution >= 4 is 46.9 Å². The molecule has 3 heterocycles. The number of amides is 3. The van der Waals surface area contributed by atoms with E-state index in [0.717, 1.165) is 29.7 Å². The topological polar surface area (TPSA) is 94.1 Å². The molecule has 0 fully saturated rings. The third-order valence-corrected chi connectivity index (χ3v) is 6.64. The molecule has 3 aliphatic rings. The van der Waals surface area contributed by atoms with Gasteiger partial charge in [-0.25, -0.2) is 0 Å². The Morgan fingerprint density at radius 1 is 1.32 bits per heavy atom. The van der Waals surface area contributed by atoms with Gasteiger partial charge in [0.1, 0.15) is 12.0 Å². The Bertz CT molecular complexity index is 1080. The van der Waals surface area contributed by atoms with Crippen molar-refractivity contribution in [3.05, 3.63) is 47.2 Å². The molecule has 0 spiro atoms. The van der Waals surface area contributed by atoms with Gasteiger partial charge in [-0.15, -0.1) is 11.6 Å². The molecule has 0 aliphatic carbocycles. The molecule has 8 nitrogen and oxygen atoms in total. The van der Waals surface area contributed by atoms with Gasteiger partial charge in [-0.05, 0) is 48.6 Å². The fourth-order valence-corrected chi connectivity index (χ4v) is 4.67. The highest BCUT2D eigenvalue weighted by Gasteiger charge is 2.27. The first-order valence-electron chi connectivity index (χ1n) is 11.6. The number of nitrogens with zero attached hydrogens (tertiary/aromatic N) is 3. The van der Waals surface area contributed by atoms with E-state index in [1.807, 2.05) is 29.3 Å². The second-order valence-corrected chi connectivity index (χ2v) is 9.11. The van der Waals surface area contributed by atoms with Crippen LogP contribution >= 0.6 is 11.6 Å². The Labute approximate surface area is 204 Å². The molecular weight excluding hydrogens is 454 g/mol. The summed E-state index contributed by atoms with van der Waals surface area (Å²) in [6.45, 7) is 5.34. The average Bonchev–Trinajstić information content (AvgIpc) is 2.85. The van der Waals surface area contributed by atoms with Crippen LogP contribution in [0.1, 0.15) is 32.3 Å². The molecule has 1 aromatic carbocycles. The highest BCUT2D eigenvalue weighted by atomic mass is 35.5. The third kappa shape index (κ3) is 5.33. The number of carbonyl (C=O) groups is 3. The lowest BCUT2D eigenvalue weighted by Gasteiger charge is -2.34. The van der Waals surface area contributed by atoms with Crippen LogP contribution in [0.3, 0.4) is 0 Å². The lowest BCUT2D eigenvalue weighted by Crippen LogP contribution is -2.42. The number of benzene rings is 1. The normalized spacial score (nSPS) is 21.7. The molecule has 9 heteroatoms. The van der Waals surface area contributed by atoms with Crippen LogP contribution in [0.5, 0.6) is 0 Å². The smallest absolute Gasteiger partial charge is 0.246 e. The van der Waals surface area contributed by atoms with Crippen LogP contribution in [0.25, 0.3) is 0 Å². The molecule has 3 aliphatic heterocycles. The van der Waals surface area contributed by atoms with Crippen LogP contribution in [0.15, 0.2) is 46.6 Å². The van der Waals surface area contributed by atoms with E-state index in [2.05, 4.69) is 22.5 Å². The number of nitrogens with one attached hydrogen (secondary N) is 2. The van der Waals surface area contributed by atoms with Gasteiger partial charge in [0.05, 0.1) is 0 Å². The molecule has 2 atom stereocenters. The van der Waals surface area contributed by atoms with Gasteiger partial charge in [0.25, 0.3) is 0 Å². The SMILES string of the molecule is CCC1N=CC2=C(CCN(C(=O)C=CC3Cc4cc(NC(=O)CCl)ccc4N(C(C)=O)C3)C2)N1. The quantitative estimate of drug-likeness (QED) is 0.497. The largest absolute Gasteiger partial charge is 0.367 e. The summed E-state index contributed by atoms with van der Waals surface area (Å²) in [4.78, 5) is 44.9. The third-order valence-electron chi connectivity index (χ3n) is 6.40. The van der Waals surface area contributed by atoms with E-state index in [9.17, 15) is 14.4 Å². The number of aliphatic imine (C=N–C) groups is 1. The fourth-order valence-electron chi connectivity index (χ4n) is 4.60. The highest BCUT2D eigenvalue weighted by Crippen LogP contribution is 2.33. The number of anilines is 2. The van der Waals surface area contributed by atoms with Crippen molar-refractivity contribution in [3.63, 3.8) is 0 Å². The minimum absolute atomic E-state index is 0.0119. The number of hydrogen-bond acceptors (Lipinski definition) is 5. The molecule has 0 aromatic heterocycles. The Hall–Kier alpha value is -3.13. The van der Waals surface area contributed by atoms with Gasteiger partial charge >= 0.3 is 0 Å². The minimum Gasteiger partial charge on any atom is -0.367 e. The summed E-state index contributed by atoms with van der Waals surface area (Å²) in [5.41, 5.74) is 4.67. The molecule has 2 unspecified atom stereocenters. The van der Waals surface area contributed by atoms with Crippen LogP contribution < -0.4 is 15.5 Å². The first-order valence-corrected chi connectivity index (χ1v) is 12.2. The molecule has 180 valence electrons. The van der Waals surface area contributed by atoms with Crippen molar-refractivity contribution in [2.45, 2.75) is 39.3 Å². The van der Waals surface area contributed by atoms with Crippen molar-refractivity contribution in [1.82, 2.24) is 10.2 Å². The van der Waals surface area contributed by atoms with Crippen molar-refractivity contribution in [1.29, 1.82) is 0 Å². The molecule has 1 aromatic rings. The summed E-state index contributed by atoms with van der Waals surface area (Å²) >= 11 is 5.60. The highest BCUT2D eigenvalue weighted by molar-refractivity contribution is 6.29. The van der Waals surface area contributed by atoms with Crippen LogP contribution in [-0.4, -0.2) is 60.5 Å². The van der Waals surface area contributed by atoms with E-state index < -0.39 is 0 Å². The summed E-state index contributed by atoms with van der Waals surface area (Å²) < 4.78 is 0. The number of alkyl halides is 1. The van der Waals surface area contributed by atoms with Gasteiger partial charge in [-0.2, -0.15) is 0 Å². The second-order valence-electron chi connectivity index (χ2n) is 8.84. The Kier molecular flexibility index (Phi) is 7.36. The van der Waals surface area contributed by atoms with E-state index in [4.69, 9.17) is 11.6 Å². The van der Waals surface area contributed by atoms with Gasteiger partial charge in [-0.3, -0.25) is 19.4 Å². The van der Waals surface area contributed by atoms with Crippen molar-refractivity contribution in [3.8, 4) is 0 Å². The number of carbonyl (C=O) groups excluding carboxylic acids is 3. The fraction of sp³-hybridized carbons (Fsp3) is 0.440. The zero-order valence-electron chi connectivity index (χ0n) is 19.5. The summed E-state index contributed by atoms with van der Waals surface area (Å²) in [5.74, 6) is -0.526. The van der Waals surface area contributed by atoms with Crippen LogP contribution in [0.4, 0.5) is 11.4 Å². The maximum atomic E-state index is 12.9. The lowest BCUT2D eigenvalue weighted by atomic mass is 9.91. The molecule has 0 saturated carbocycles. The molecule has 0 saturated heterocycles. The van der Waals surface area contributed by atoms with E-state index in [-0.39, 0.29) is 35.7 Å². The molecule has 4 rings (SSSR count). The Morgan fingerprint density at radius 3 is 2.88 bits per heavy atom. The van der Waals surface area contributed by atoms with Crippen molar-refractivity contribution < 1.29 is 14.4 Å². The summed E-state index contributed by atoms with van der Waals surface area (Å²) in [7, 11) is 0. The zero-order chi connectivity index (χ0) is 24.2. The van der Waals surface area contributed by atoms with Crippen LogP contribution in [0, 0.1) is 5.92 Å². The minimum atomic E-state index is -0.286. The monoisotopic (exact) mass is 483 g/mol.